The summed E-state index contributed by atoms with van der Waals surface area (Å²) in [6.45, 7) is 2.20. The van der Waals surface area contributed by atoms with E-state index in [1.54, 1.807) is 12.1 Å². The first-order chi connectivity index (χ1) is 8.36. The van der Waals surface area contributed by atoms with Gasteiger partial charge in [0.1, 0.15) is 0 Å². The summed E-state index contributed by atoms with van der Waals surface area (Å²) in [6.07, 6.45) is 3.12. The van der Waals surface area contributed by atoms with E-state index in [1.165, 1.54) is 0 Å². The van der Waals surface area contributed by atoms with Crippen LogP contribution in [0.4, 0.5) is 0 Å². The van der Waals surface area contributed by atoms with Gasteiger partial charge in [-0.25, -0.2) is 4.79 Å². The number of carbonyl (C=O) groups excluding carboxylic acids is 1. The van der Waals surface area contributed by atoms with Crippen molar-refractivity contribution >= 4 is 5.97 Å². The summed E-state index contributed by atoms with van der Waals surface area (Å²) in [5.74, 6) is 0.421. The van der Waals surface area contributed by atoms with Crippen LogP contribution in [0.1, 0.15) is 29.6 Å². The molecule has 0 bridgehead atoms. The van der Waals surface area contributed by atoms with Gasteiger partial charge in [-0.05, 0) is 37.3 Å². The lowest BCUT2D eigenvalue weighted by Gasteiger charge is -2.21. The minimum atomic E-state index is -0.224. The van der Waals surface area contributed by atoms with Crippen LogP contribution in [-0.4, -0.2) is 25.8 Å². The molecule has 0 aromatic heterocycles. The second-order valence-corrected chi connectivity index (χ2v) is 4.35. The van der Waals surface area contributed by atoms with Crippen molar-refractivity contribution in [3.63, 3.8) is 0 Å². The number of benzene rings is 1. The molecule has 2 rings (SSSR count). The molecule has 0 radical (unpaired) electrons. The lowest BCUT2D eigenvalue weighted by Crippen LogP contribution is -2.18. The third kappa shape index (κ3) is 3.86. The van der Waals surface area contributed by atoms with Crippen LogP contribution in [0.2, 0.25) is 0 Å². The van der Waals surface area contributed by atoms with E-state index in [0.29, 0.717) is 18.1 Å². The molecule has 0 N–H and O–H groups in total. The maximum atomic E-state index is 11.6. The first-order valence-corrected chi connectivity index (χ1v) is 6.16. The summed E-state index contributed by atoms with van der Waals surface area (Å²) in [5, 5.41) is 0. The minimum Gasteiger partial charge on any atom is -0.462 e. The van der Waals surface area contributed by atoms with E-state index in [9.17, 15) is 4.79 Å². The van der Waals surface area contributed by atoms with E-state index in [1.807, 2.05) is 18.2 Å². The molecule has 3 heteroatoms. The highest BCUT2D eigenvalue weighted by atomic mass is 16.5. The quantitative estimate of drug-likeness (QED) is 0.751. The number of esters is 1. The molecule has 1 heterocycles. The Labute approximate surface area is 102 Å². The smallest absolute Gasteiger partial charge is 0.338 e. The van der Waals surface area contributed by atoms with E-state index in [-0.39, 0.29) is 5.97 Å². The van der Waals surface area contributed by atoms with Gasteiger partial charge in [-0.1, -0.05) is 18.2 Å². The van der Waals surface area contributed by atoms with E-state index < -0.39 is 0 Å². The third-order valence-electron chi connectivity index (χ3n) is 3.11. The molecule has 1 aliphatic rings. The van der Waals surface area contributed by atoms with Crippen LogP contribution in [0.25, 0.3) is 0 Å². The van der Waals surface area contributed by atoms with Gasteiger partial charge in [0, 0.05) is 13.2 Å². The summed E-state index contributed by atoms with van der Waals surface area (Å²) in [6, 6.07) is 9.12. The van der Waals surface area contributed by atoms with Crippen molar-refractivity contribution < 1.29 is 14.3 Å². The van der Waals surface area contributed by atoms with Gasteiger partial charge in [-0.2, -0.15) is 0 Å². The number of carbonyl (C=O) groups is 1. The Kier molecular flexibility index (Phi) is 4.56. The fourth-order valence-electron chi connectivity index (χ4n) is 2.01. The number of hydrogen-bond donors (Lipinski definition) is 0. The van der Waals surface area contributed by atoms with Crippen molar-refractivity contribution in [3.8, 4) is 0 Å². The molecule has 0 spiro atoms. The lowest BCUT2D eigenvalue weighted by molar-refractivity contribution is 0.0371. The van der Waals surface area contributed by atoms with Crippen LogP contribution < -0.4 is 0 Å². The van der Waals surface area contributed by atoms with Crippen molar-refractivity contribution in [1.29, 1.82) is 0 Å². The molecule has 0 aliphatic carbocycles. The molecule has 1 aromatic rings. The minimum absolute atomic E-state index is 0.224. The average Bonchev–Trinajstić information content (AvgIpc) is 2.41. The molecule has 1 fully saturated rings. The summed E-state index contributed by atoms with van der Waals surface area (Å²) in [7, 11) is 0. The second kappa shape index (κ2) is 6.40. The van der Waals surface area contributed by atoms with Crippen molar-refractivity contribution in [2.24, 2.45) is 5.92 Å². The molecule has 1 aliphatic heterocycles. The van der Waals surface area contributed by atoms with Gasteiger partial charge in [0.2, 0.25) is 0 Å². The van der Waals surface area contributed by atoms with Crippen molar-refractivity contribution in [3.05, 3.63) is 35.9 Å². The van der Waals surface area contributed by atoms with Crippen molar-refractivity contribution in [2.75, 3.05) is 19.8 Å². The topological polar surface area (TPSA) is 35.5 Å². The fourth-order valence-corrected chi connectivity index (χ4v) is 2.01. The molecule has 1 aromatic carbocycles. The predicted molar refractivity (Wildman–Crippen MR) is 64.9 cm³/mol. The SMILES string of the molecule is O=C(OCCC1CCOCC1)c1ccccc1. The monoisotopic (exact) mass is 234 g/mol. The summed E-state index contributed by atoms with van der Waals surface area (Å²) in [4.78, 5) is 11.6. The predicted octanol–water partition coefficient (Wildman–Crippen LogP) is 2.66. The van der Waals surface area contributed by atoms with E-state index in [4.69, 9.17) is 9.47 Å². The Morgan fingerprint density at radius 2 is 1.94 bits per heavy atom. The molecule has 0 unspecified atom stereocenters. The van der Waals surface area contributed by atoms with Crippen molar-refractivity contribution in [1.82, 2.24) is 0 Å². The highest BCUT2D eigenvalue weighted by molar-refractivity contribution is 5.89. The standard InChI is InChI=1S/C14H18O3/c15-14(13-4-2-1-3-5-13)17-11-8-12-6-9-16-10-7-12/h1-5,12H,6-11H2. The zero-order valence-corrected chi connectivity index (χ0v) is 9.93. The number of ether oxygens (including phenoxy) is 2. The number of rotatable bonds is 4. The van der Waals surface area contributed by atoms with Crippen LogP contribution in [0.15, 0.2) is 30.3 Å². The average molecular weight is 234 g/mol. The molecular formula is C14H18O3. The maximum Gasteiger partial charge on any atom is 0.338 e. The Morgan fingerprint density at radius 1 is 1.24 bits per heavy atom. The van der Waals surface area contributed by atoms with Gasteiger partial charge in [0.15, 0.2) is 0 Å². The van der Waals surface area contributed by atoms with Crippen molar-refractivity contribution in [2.45, 2.75) is 19.3 Å². The highest BCUT2D eigenvalue weighted by Gasteiger charge is 2.14. The summed E-state index contributed by atoms with van der Waals surface area (Å²) >= 11 is 0. The fraction of sp³-hybridized carbons (Fsp3) is 0.500. The highest BCUT2D eigenvalue weighted by Crippen LogP contribution is 2.18. The molecule has 17 heavy (non-hydrogen) atoms. The Balaban J connectivity index is 1.69. The Hall–Kier alpha value is -1.35. The second-order valence-electron chi connectivity index (χ2n) is 4.35. The van der Waals surface area contributed by atoms with Crippen LogP contribution in [-0.2, 0) is 9.47 Å². The largest absolute Gasteiger partial charge is 0.462 e. The first-order valence-electron chi connectivity index (χ1n) is 6.16. The molecule has 3 nitrogen and oxygen atoms in total. The van der Waals surface area contributed by atoms with Gasteiger partial charge in [-0.3, -0.25) is 0 Å². The molecule has 1 saturated heterocycles. The van der Waals surface area contributed by atoms with Gasteiger partial charge >= 0.3 is 5.97 Å². The molecule has 0 atom stereocenters. The molecule has 92 valence electrons. The first kappa shape index (κ1) is 12.1. The summed E-state index contributed by atoms with van der Waals surface area (Å²) < 4.78 is 10.5. The Bertz CT molecular complexity index is 342. The maximum absolute atomic E-state index is 11.6. The summed E-state index contributed by atoms with van der Waals surface area (Å²) in [5.41, 5.74) is 0.625. The normalized spacial score (nSPS) is 16.7. The zero-order chi connectivity index (χ0) is 11.9. The van der Waals surface area contributed by atoms with E-state index in [0.717, 1.165) is 32.5 Å². The van der Waals surface area contributed by atoms with E-state index in [2.05, 4.69) is 0 Å². The Morgan fingerprint density at radius 3 is 2.65 bits per heavy atom. The van der Waals surface area contributed by atoms with Gasteiger partial charge in [-0.15, -0.1) is 0 Å². The van der Waals surface area contributed by atoms with Crippen LogP contribution in [0.3, 0.4) is 0 Å². The number of hydrogen-bond acceptors (Lipinski definition) is 3. The van der Waals surface area contributed by atoms with Crippen LogP contribution in [0.5, 0.6) is 0 Å². The third-order valence-corrected chi connectivity index (χ3v) is 3.11. The molecular weight excluding hydrogens is 216 g/mol. The van der Waals surface area contributed by atoms with E-state index >= 15 is 0 Å². The zero-order valence-electron chi connectivity index (χ0n) is 9.93. The molecule has 0 saturated carbocycles. The molecule has 0 amide bonds. The van der Waals surface area contributed by atoms with Gasteiger partial charge < -0.3 is 9.47 Å². The van der Waals surface area contributed by atoms with Gasteiger partial charge in [0.05, 0.1) is 12.2 Å². The van der Waals surface area contributed by atoms with Crippen LogP contribution in [0, 0.1) is 5.92 Å². The lowest BCUT2D eigenvalue weighted by atomic mass is 9.97. The van der Waals surface area contributed by atoms with Crippen LogP contribution >= 0.6 is 0 Å². The van der Waals surface area contributed by atoms with Gasteiger partial charge in [0.25, 0.3) is 0 Å².